The molecule has 0 aliphatic carbocycles. The molecule has 1 saturated heterocycles. The van der Waals surface area contributed by atoms with Crippen LogP contribution in [0.4, 0.5) is 0 Å². The Morgan fingerprint density at radius 2 is 1.83 bits per heavy atom. The first kappa shape index (κ1) is 16.1. The fourth-order valence-corrected chi connectivity index (χ4v) is 4.19. The second-order valence-corrected chi connectivity index (χ2v) is 7.59. The van der Waals surface area contributed by atoms with Gasteiger partial charge in [0.2, 0.25) is 0 Å². The van der Waals surface area contributed by atoms with Crippen LogP contribution in [0.2, 0.25) is 0 Å². The van der Waals surface area contributed by atoms with Gasteiger partial charge in [0.1, 0.15) is 6.10 Å². The molecule has 1 aliphatic heterocycles. The van der Waals surface area contributed by atoms with E-state index in [0.717, 1.165) is 6.26 Å². The van der Waals surface area contributed by atoms with Gasteiger partial charge in [-0.2, -0.15) is 8.42 Å². The van der Waals surface area contributed by atoms with Crippen LogP contribution in [0.1, 0.15) is 20.3 Å². The lowest BCUT2D eigenvalue weighted by Gasteiger charge is -2.21. The first-order valence-electron chi connectivity index (χ1n) is 5.69. The van der Waals surface area contributed by atoms with E-state index < -0.39 is 29.7 Å². The number of hydrogen-bond acceptors (Lipinski definition) is 7. The van der Waals surface area contributed by atoms with Crippen molar-refractivity contribution in [2.45, 2.75) is 32.2 Å². The van der Waals surface area contributed by atoms with Crippen LogP contribution in [0.5, 0.6) is 0 Å². The summed E-state index contributed by atoms with van der Waals surface area (Å²) in [5.74, 6) is -0.774. The molecule has 0 aromatic rings. The van der Waals surface area contributed by atoms with Crippen molar-refractivity contribution >= 4 is 17.7 Å². The summed E-state index contributed by atoms with van der Waals surface area (Å²) in [6.45, 7) is 3.92. The lowest BCUT2D eigenvalue weighted by Crippen LogP contribution is -2.18. The predicted molar refractivity (Wildman–Crippen MR) is 64.9 cm³/mol. The summed E-state index contributed by atoms with van der Waals surface area (Å²) >= 11 is 0. The lowest BCUT2D eigenvalue weighted by atomic mass is 10.3. The highest BCUT2D eigenvalue weighted by Gasteiger charge is 2.43. The van der Waals surface area contributed by atoms with Gasteiger partial charge >= 0.3 is 7.60 Å². The summed E-state index contributed by atoms with van der Waals surface area (Å²) in [6, 6.07) is 0. The fourth-order valence-electron chi connectivity index (χ4n) is 1.68. The van der Waals surface area contributed by atoms with Crippen molar-refractivity contribution < 1.29 is 31.0 Å². The van der Waals surface area contributed by atoms with Gasteiger partial charge in [0, 0.05) is 6.42 Å². The predicted octanol–water partition coefficient (Wildman–Crippen LogP) is 1.34. The Morgan fingerprint density at radius 3 is 2.28 bits per heavy atom. The molecule has 1 aliphatic rings. The summed E-state index contributed by atoms with van der Waals surface area (Å²) in [4.78, 5) is 0. The Bertz CT molecular complexity index is 397. The van der Waals surface area contributed by atoms with E-state index in [9.17, 15) is 13.0 Å². The van der Waals surface area contributed by atoms with Crippen LogP contribution in [-0.2, 0) is 32.7 Å². The standard InChI is InChI=1S/C9H19O7PS/c1-4-14-17(10,15-5-2)9-6-8(7-13-9)16-18(3,11)12/h8-9H,4-7H2,1-3H3/t8-,9+/m0/s1. The maximum Gasteiger partial charge on any atom is 0.359 e. The molecule has 0 saturated carbocycles. The van der Waals surface area contributed by atoms with Crippen LogP contribution < -0.4 is 0 Å². The number of hydrogen-bond donors (Lipinski definition) is 0. The van der Waals surface area contributed by atoms with Crippen molar-refractivity contribution in [1.82, 2.24) is 0 Å². The summed E-state index contributed by atoms with van der Waals surface area (Å²) in [5.41, 5.74) is 0. The minimum atomic E-state index is -3.55. The molecule has 1 heterocycles. The SMILES string of the molecule is CCOP(=O)(OCC)[C@@H]1C[C@H](OS(C)(=O)=O)CO1. The van der Waals surface area contributed by atoms with Gasteiger partial charge in [-0.3, -0.25) is 8.75 Å². The van der Waals surface area contributed by atoms with Crippen molar-refractivity contribution in [1.29, 1.82) is 0 Å². The minimum Gasteiger partial charge on any atom is -0.363 e. The highest BCUT2D eigenvalue weighted by Crippen LogP contribution is 2.56. The normalized spacial score (nSPS) is 25.5. The Hall–Kier alpha value is 0.0200. The fraction of sp³-hybridized carbons (Fsp3) is 1.00. The van der Waals surface area contributed by atoms with Crippen LogP contribution in [0.25, 0.3) is 0 Å². The second kappa shape index (κ2) is 6.45. The van der Waals surface area contributed by atoms with Crippen molar-refractivity contribution in [2.24, 2.45) is 0 Å². The van der Waals surface area contributed by atoms with E-state index in [2.05, 4.69) is 0 Å². The zero-order valence-corrected chi connectivity index (χ0v) is 12.4. The molecule has 7 nitrogen and oxygen atoms in total. The topological polar surface area (TPSA) is 88.1 Å². The highest BCUT2D eigenvalue weighted by molar-refractivity contribution is 7.86. The van der Waals surface area contributed by atoms with Crippen LogP contribution in [0.15, 0.2) is 0 Å². The van der Waals surface area contributed by atoms with E-state index in [1.165, 1.54) is 0 Å². The largest absolute Gasteiger partial charge is 0.363 e. The van der Waals surface area contributed by atoms with E-state index in [1.54, 1.807) is 13.8 Å². The highest BCUT2D eigenvalue weighted by atomic mass is 32.2. The zero-order valence-electron chi connectivity index (χ0n) is 10.7. The molecule has 0 N–H and O–H groups in total. The summed E-state index contributed by atoms with van der Waals surface area (Å²) in [6.07, 6.45) is 0.495. The Kier molecular flexibility index (Phi) is 5.76. The van der Waals surface area contributed by atoms with Crippen LogP contribution in [0.3, 0.4) is 0 Å². The van der Waals surface area contributed by atoms with Crippen LogP contribution in [0, 0.1) is 0 Å². The monoisotopic (exact) mass is 302 g/mol. The molecule has 18 heavy (non-hydrogen) atoms. The van der Waals surface area contributed by atoms with Gasteiger partial charge in [0.15, 0.2) is 5.85 Å². The van der Waals surface area contributed by atoms with Crippen LogP contribution >= 0.6 is 7.60 Å². The van der Waals surface area contributed by atoms with Gasteiger partial charge in [-0.1, -0.05) is 0 Å². The van der Waals surface area contributed by atoms with Gasteiger partial charge in [-0.05, 0) is 13.8 Å². The van der Waals surface area contributed by atoms with Gasteiger partial charge in [0.25, 0.3) is 10.1 Å². The molecule has 2 atom stereocenters. The summed E-state index contributed by atoms with van der Waals surface area (Å²) < 4.78 is 54.7. The molecule has 9 heteroatoms. The average molecular weight is 302 g/mol. The quantitative estimate of drug-likeness (QED) is 0.518. The number of rotatable bonds is 7. The molecular formula is C9H19O7PS. The zero-order chi connectivity index (χ0) is 13.8. The van der Waals surface area contributed by atoms with Crippen LogP contribution in [-0.4, -0.2) is 46.4 Å². The molecule has 0 bridgehead atoms. The average Bonchev–Trinajstić information content (AvgIpc) is 2.64. The molecule has 0 aromatic heterocycles. The summed E-state index contributed by atoms with van der Waals surface area (Å²) in [7, 11) is -6.92. The van der Waals surface area contributed by atoms with E-state index >= 15 is 0 Å². The smallest absolute Gasteiger partial charge is 0.359 e. The van der Waals surface area contributed by atoms with Gasteiger partial charge in [-0.15, -0.1) is 0 Å². The maximum absolute atomic E-state index is 12.4. The molecule has 1 fully saturated rings. The Morgan fingerprint density at radius 1 is 1.28 bits per heavy atom. The van der Waals surface area contributed by atoms with Crippen molar-refractivity contribution in [3.63, 3.8) is 0 Å². The Balaban J connectivity index is 2.66. The van der Waals surface area contributed by atoms with Crippen molar-refractivity contribution in [3.8, 4) is 0 Å². The lowest BCUT2D eigenvalue weighted by molar-refractivity contribution is 0.102. The molecule has 0 radical (unpaired) electrons. The Labute approximate surface area is 107 Å². The van der Waals surface area contributed by atoms with Gasteiger partial charge < -0.3 is 13.8 Å². The second-order valence-electron chi connectivity index (χ2n) is 3.82. The third-order valence-corrected chi connectivity index (χ3v) is 5.14. The van der Waals surface area contributed by atoms with Crippen molar-refractivity contribution in [3.05, 3.63) is 0 Å². The number of ether oxygens (including phenoxy) is 1. The molecular weight excluding hydrogens is 283 g/mol. The maximum atomic E-state index is 12.4. The summed E-state index contributed by atoms with van der Waals surface area (Å²) in [5, 5.41) is 0. The molecule has 1 rings (SSSR count). The van der Waals surface area contributed by atoms with E-state index in [4.69, 9.17) is 18.0 Å². The first-order chi connectivity index (χ1) is 8.30. The van der Waals surface area contributed by atoms with Crippen molar-refractivity contribution in [2.75, 3.05) is 26.1 Å². The van der Waals surface area contributed by atoms with E-state index in [-0.39, 0.29) is 26.2 Å². The first-order valence-corrected chi connectivity index (χ1v) is 9.12. The minimum absolute atomic E-state index is 0.0574. The third-order valence-electron chi connectivity index (χ3n) is 2.22. The van der Waals surface area contributed by atoms with Gasteiger partial charge in [-0.25, -0.2) is 0 Å². The molecule has 108 valence electrons. The van der Waals surface area contributed by atoms with E-state index in [1.807, 2.05) is 0 Å². The third kappa shape index (κ3) is 4.60. The molecule has 0 aromatic carbocycles. The molecule has 0 amide bonds. The van der Waals surface area contributed by atoms with Gasteiger partial charge in [0.05, 0.1) is 26.1 Å². The van der Waals surface area contributed by atoms with E-state index in [0.29, 0.717) is 0 Å². The molecule has 0 unspecified atom stereocenters. The molecule has 0 spiro atoms.